The van der Waals surface area contributed by atoms with Crippen molar-refractivity contribution in [2.24, 2.45) is 0 Å². The van der Waals surface area contributed by atoms with Gasteiger partial charge in [0.15, 0.2) is 0 Å². The fraction of sp³-hybridized carbons (Fsp3) is 0.235. The van der Waals surface area contributed by atoms with Gasteiger partial charge in [0.2, 0.25) is 11.8 Å². The molecule has 0 heterocycles. The van der Waals surface area contributed by atoms with Crippen LogP contribution in [0.1, 0.15) is 30.9 Å². The predicted molar refractivity (Wildman–Crippen MR) is 186 cm³/mol. The molecular weight excluding hydrogens is 688 g/mol. The summed E-state index contributed by atoms with van der Waals surface area (Å²) >= 11 is 25.3. The molecule has 0 radical (unpaired) electrons. The summed E-state index contributed by atoms with van der Waals surface area (Å²) < 4.78 is 29.1. The van der Waals surface area contributed by atoms with Crippen LogP contribution in [0.3, 0.4) is 0 Å². The van der Waals surface area contributed by atoms with Crippen LogP contribution in [0.4, 0.5) is 5.69 Å². The molecule has 0 aliphatic rings. The van der Waals surface area contributed by atoms with Crippen LogP contribution >= 0.6 is 46.4 Å². The first kappa shape index (κ1) is 35.6. The van der Waals surface area contributed by atoms with Gasteiger partial charge < -0.3 is 10.2 Å². The van der Waals surface area contributed by atoms with Crippen LogP contribution in [0.25, 0.3) is 0 Å². The third-order valence-corrected chi connectivity index (χ3v) is 10.6. The van der Waals surface area contributed by atoms with Crippen molar-refractivity contribution in [3.8, 4) is 0 Å². The summed E-state index contributed by atoms with van der Waals surface area (Å²) in [7, 11) is -4.33. The average Bonchev–Trinajstić information content (AvgIpc) is 3.05. The summed E-state index contributed by atoms with van der Waals surface area (Å²) in [4.78, 5) is 29.7. The molecule has 2 amide bonds. The molecule has 0 unspecified atom stereocenters. The summed E-state index contributed by atoms with van der Waals surface area (Å²) in [6.07, 6.45) is 1.79. The van der Waals surface area contributed by atoms with Crippen LogP contribution in [-0.2, 0) is 32.6 Å². The standard InChI is InChI=1S/C34H33Cl4N3O4S/c1-2-3-19-39-34(43)31(21-24-11-6-4-7-12-24)40(22-25-17-18-27(35)29(37)20-25)32(42)23-41(30-16-10-15-28(36)33(30)38)46(44,45)26-13-8-5-9-14-26/h4-18,20,31H,2-3,19,21-23H2,1H3,(H,39,43)/t31-/m0/s1. The highest BCUT2D eigenvalue weighted by Crippen LogP contribution is 2.36. The van der Waals surface area contributed by atoms with Gasteiger partial charge in [-0.25, -0.2) is 8.42 Å². The fourth-order valence-corrected chi connectivity index (χ4v) is 7.03. The van der Waals surface area contributed by atoms with Gasteiger partial charge in [0.1, 0.15) is 12.6 Å². The summed E-state index contributed by atoms with van der Waals surface area (Å²) in [6.45, 7) is 1.70. The number of carbonyl (C=O) groups is 2. The summed E-state index contributed by atoms with van der Waals surface area (Å²) in [5.41, 5.74) is 1.44. The van der Waals surface area contributed by atoms with Gasteiger partial charge >= 0.3 is 0 Å². The minimum absolute atomic E-state index is 0.0212. The van der Waals surface area contributed by atoms with Crippen LogP contribution in [-0.4, -0.2) is 44.3 Å². The molecule has 0 fully saturated rings. The van der Waals surface area contributed by atoms with E-state index in [1.807, 2.05) is 37.3 Å². The molecule has 0 aromatic heterocycles. The topological polar surface area (TPSA) is 86.8 Å². The van der Waals surface area contributed by atoms with Crippen molar-refractivity contribution >= 4 is 73.9 Å². The summed E-state index contributed by atoms with van der Waals surface area (Å²) in [6, 6.07) is 25.5. The Labute approximate surface area is 290 Å². The molecule has 1 N–H and O–H groups in total. The Morgan fingerprint density at radius 2 is 1.46 bits per heavy atom. The van der Waals surface area contributed by atoms with Gasteiger partial charge in [-0.1, -0.05) is 120 Å². The second-order valence-corrected chi connectivity index (χ2v) is 14.0. The molecule has 46 heavy (non-hydrogen) atoms. The Balaban J connectivity index is 1.83. The Hall–Kier alpha value is -3.27. The van der Waals surface area contributed by atoms with Crippen molar-refractivity contribution in [3.05, 3.63) is 128 Å². The molecular formula is C34H33Cl4N3O4S. The fourth-order valence-electron chi connectivity index (χ4n) is 4.81. The predicted octanol–water partition coefficient (Wildman–Crippen LogP) is 8.05. The maximum atomic E-state index is 14.5. The molecule has 242 valence electrons. The third-order valence-electron chi connectivity index (χ3n) is 7.25. The highest BCUT2D eigenvalue weighted by Gasteiger charge is 2.35. The molecule has 0 spiro atoms. The van der Waals surface area contributed by atoms with E-state index in [0.717, 1.165) is 22.7 Å². The Morgan fingerprint density at radius 3 is 2.11 bits per heavy atom. The van der Waals surface area contributed by atoms with E-state index in [1.54, 1.807) is 42.5 Å². The van der Waals surface area contributed by atoms with Crippen molar-refractivity contribution in [2.45, 2.75) is 43.7 Å². The molecule has 12 heteroatoms. The van der Waals surface area contributed by atoms with E-state index in [2.05, 4.69) is 5.32 Å². The number of hydrogen-bond acceptors (Lipinski definition) is 4. The Kier molecular flexibility index (Phi) is 12.8. The monoisotopic (exact) mass is 719 g/mol. The zero-order valence-electron chi connectivity index (χ0n) is 25.0. The Bertz CT molecular complexity index is 1760. The molecule has 0 aliphatic carbocycles. The van der Waals surface area contributed by atoms with Gasteiger partial charge in [0.05, 0.1) is 30.7 Å². The number of hydrogen-bond donors (Lipinski definition) is 1. The van der Waals surface area contributed by atoms with Crippen LogP contribution in [0, 0.1) is 0 Å². The second kappa shape index (κ2) is 16.5. The zero-order valence-corrected chi connectivity index (χ0v) is 28.8. The second-order valence-electron chi connectivity index (χ2n) is 10.5. The van der Waals surface area contributed by atoms with Crippen molar-refractivity contribution in [1.29, 1.82) is 0 Å². The minimum atomic E-state index is -4.33. The smallest absolute Gasteiger partial charge is 0.264 e. The highest BCUT2D eigenvalue weighted by molar-refractivity contribution is 7.92. The van der Waals surface area contributed by atoms with E-state index in [0.29, 0.717) is 17.1 Å². The van der Waals surface area contributed by atoms with Gasteiger partial charge in [-0.15, -0.1) is 0 Å². The first-order valence-corrected chi connectivity index (χ1v) is 17.5. The van der Waals surface area contributed by atoms with Gasteiger partial charge in [0, 0.05) is 19.5 Å². The number of unbranched alkanes of at least 4 members (excludes halogenated alkanes) is 1. The van der Waals surface area contributed by atoms with Crippen molar-refractivity contribution in [1.82, 2.24) is 10.2 Å². The number of anilines is 1. The van der Waals surface area contributed by atoms with Gasteiger partial charge in [-0.2, -0.15) is 0 Å². The number of benzene rings is 4. The van der Waals surface area contributed by atoms with E-state index in [9.17, 15) is 18.0 Å². The number of nitrogens with one attached hydrogen (secondary N) is 1. The highest BCUT2D eigenvalue weighted by atomic mass is 35.5. The van der Waals surface area contributed by atoms with E-state index in [1.165, 1.54) is 29.2 Å². The van der Waals surface area contributed by atoms with Crippen LogP contribution in [0.2, 0.25) is 20.1 Å². The molecule has 4 aromatic rings. The largest absolute Gasteiger partial charge is 0.354 e. The molecule has 0 bridgehead atoms. The third kappa shape index (κ3) is 8.96. The van der Waals surface area contributed by atoms with E-state index < -0.39 is 28.5 Å². The van der Waals surface area contributed by atoms with E-state index >= 15 is 0 Å². The van der Waals surface area contributed by atoms with Crippen molar-refractivity contribution < 1.29 is 18.0 Å². The van der Waals surface area contributed by atoms with Crippen molar-refractivity contribution in [3.63, 3.8) is 0 Å². The van der Waals surface area contributed by atoms with Gasteiger partial charge in [-0.3, -0.25) is 13.9 Å². The summed E-state index contributed by atoms with van der Waals surface area (Å²) in [5, 5.41) is 3.64. The first-order valence-electron chi connectivity index (χ1n) is 14.6. The quantitative estimate of drug-likeness (QED) is 0.134. The normalized spacial score (nSPS) is 11.9. The van der Waals surface area contributed by atoms with Gasteiger partial charge in [-0.05, 0) is 53.9 Å². The molecule has 4 rings (SSSR count). The maximum Gasteiger partial charge on any atom is 0.264 e. The molecule has 0 saturated carbocycles. The number of rotatable bonds is 14. The van der Waals surface area contributed by atoms with Crippen molar-refractivity contribution in [2.75, 3.05) is 17.4 Å². The molecule has 1 atom stereocenters. The minimum Gasteiger partial charge on any atom is -0.354 e. The van der Waals surface area contributed by atoms with Gasteiger partial charge in [0.25, 0.3) is 10.0 Å². The number of carbonyl (C=O) groups excluding carboxylic acids is 2. The Morgan fingerprint density at radius 1 is 0.783 bits per heavy atom. The maximum absolute atomic E-state index is 14.5. The van der Waals surface area contributed by atoms with Crippen LogP contribution in [0.15, 0.2) is 102 Å². The molecule has 0 saturated heterocycles. The molecule has 7 nitrogen and oxygen atoms in total. The summed E-state index contributed by atoms with van der Waals surface area (Å²) in [5.74, 6) is -1.02. The number of amides is 2. The lowest BCUT2D eigenvalue weighted by atomic mass is 10.0. The SMILES string of the molecule is CCCCNC(=O)[C@H](Cc1ccccc1)N(Cc1ccc(Cl)c(Cl)c1)C(=O)CN(c1cccc(Cl)c1Cl)S(=O)(=O)c1ccccc1. The number of halogens is 4. The van der Waals surface area contributed by atoms with Crippen LogP contribution in [0.5, 0.6) is 0 Å². The number of sulfonamides is 1. The lowest BCUT2D eigenvalue weighted by Gasteiger charge is -2.34. The lowest BCUT2D eigenvalue weighted by Crippen LogP contribution is -2.53. The van der Waals surface area contributed by atoms with Crippen LogP contribution < -0.4 is 9.62 Å². The average molecular weight is 722 g/mol. The van der Waals surface area contributed by atoms with E-state index in [4.69, 9.17) is 46.4 Å². The molecule has 4 aromatic carbocycles. The zero-order chi connectivity index (χ0) is 33.3. The lowest BCUT2D eigenvalue weighted by molar-refractivity contribution is -0.140. The molecule has 0 aliphatic heterocycles. The first-order chi connectivity index (χ1) is 22.0. The van der Waals surface area contributed by atoms with E-state index in [-0.39, 0.29) is 44.5 Å². The number of nitrogens with zero attached hydrogens (tertiary/aromatic N) is 2.